The van der Waals surface area contributed by atoms with E-state index in [0.717, 1.165) is 0 Å². The second-order valence-electron chi connectivity index (χ2n) is 2.03. The average Bonchev–Trinajstić information content (AvgIpc) is 2.32. The molecule has 0 aromatic carbocycles. The Hall–Kier alpha value is -1.23. The third-order valence-electron chi connectivity index (χ3n) is 1.27. The number of aromatic amines is 1. The first-order valence-corrected chi connectivity index (χ1v) is 3.66. The van der Waals surface area contributed by atoms with Crippen LogP contribution < -0.4 is 4.74 Å². The molecule has 12 heavy (non-hydrogen) atoms. The Balaban J connectivity index is 2.94. The monoisotopic (exact) mass is 190 g/mol. The molecule has 1 aromatic heterocycles. The molecule has 5 nitrogen and oxygen atoms in total. The van der Waals surface area contributed by atoms with E-state index >= 15 is 0 Å². The maximum Gasteiger partial charge on any atom is 0.511 e. The number of hydrogen-bond acceptors (Lipinski definition) is 3. The maximum atomic E-state index is 10.2. The van der Waals surface area contributed by atoms with Crippen molar-refractivity contribution in [3.63, 3.8) is 0 Å². The minimum absolute atomic E-state index is 0.0895. The molecule has 0 saturated carbocycles. The fourth-order valence-electron chi connectivity index (χ4n) is 0.775. The van der Waals surface area contributed by atoms with Crippen molar-refractivity contribution in [3.05, 3.63) is 10.8 Å². The van der Waals surface area contributed by atoms with Crippen LogP contribution in [0.4, 0.5) is 4.79 Å². The van der Waals surface area contributed by atoms with Gasteiger partial charge in [-0.2, -0.15) is 5.10 Å². The molecule has 0 saturated heterocycles. The molecule has 6 heteroatoms. The largest absolute Gasteiger partial charge is 0.511 e. The third kappa shape index (κ3) is 1.68. The van der Waals surface area contributed by atoms with Crippen molar-refractivity contribution in [1.82, 2.24) is 10.2 Å². The first kappa shape index (κ1) is 8.86. The molecule has 66 valence electrons. The predicted molar refractivity (Wildman–Crippen MR) is 41.6 cm³/mol. The Morgan fingerprint density at radius 2 is 2.50 bits per heavy atom. The van der Waals surface area contributed by atoms with Crippen LogP contribution in [0.15, 0.2) is 0 Å². The smallest absolute Gasteiger partial charge is 0.449 e. The van der Waals surface area contributed by atoms with Crippen LogP contribution in [-0.2, 0) is 6.42 Å². The summed E-state index contributed by atoms with van der Waals surface area (Å²) in [7, 11) is 0. The molecule has 1 rings (SSSR count). The number of hydrogen-bond donors (Lipinski definition) is 2. The van der Waals surface area contributed by atoms with Gasteiger partial charge >= 0.3 is 6.16 Å². The van der Waals surface area contributed by atoms with Crippen LogP contribution in [0.3, 0.4) is 0 Å². The minimum atomic E-state index is -1.40. The van der Waals surface area contributed by atoms with Gasteiger partial charge < -0.3 is 9.84 Å². The minimum Gasteiger partial charge on any atom is -0.449 e. The molecule has 0 aliphatic heterocycles. The zero-order valence-corrected chi connectivity index (χ0v) is 7.05. The summed E-state index contributed by atoms with van der Waals surface area (Å²) in [5.74, 6) is 0.0895. The van der Waals surface area contributed by atoms with E-state index < -0.39 is 6.16 Å². The van der Waals surface area contributed by atoms with Gasteiger partial charge in [-0.1, -0.05) is 18.5 Å². The molecule has 0 bridgehead atoms. The lowest BCUT2D eigenvalue weighted by molar-refractivity contribution is 0.144. The van der Waals surface area contributed by atoms with Gasteiger partial charge in [0, 0.05) is 0 Å². The molecule has 0 radical (unpaired) electrons. The molecule has 0 spiro atoms. The summed E-state index contributed by atoms with van der Waals surface area (Å²) in [6.07, 6.45) is -0.834. The lowest BCUT2D eigenvalue weighted by Crippen LogP contribution is -2.04. The Bertz CT molecular complexity index is 297. The molecule has 0 atom stereocenters. The standard InChI is InChI=1S/C6H7ClN2O3/c1-2-3-4(12-6(10)11)5(7)9-8-3/h2H2,1H3,(H,8,9)(H,10,11). The van der Waals surface area contributed by atoms with E-state index in [9.17, 15) is 4.79 Å². The molecule has 0 aliphatic carbocycles. The van der Waals surface area contributed by atoms with Gasteiger partial charge in [0.25, 0.3) is 0 Å². The molecule has 2 N–H and O–H groups in total. The Labute approximate surface area is 73.3 Å². The van der Waals surface area contributed by atoms with Crippen molar-refractivity contribution in [3.8, 4) is 5.75 Å². The fraction of sp³-hybridized carbons (Fsp3) is 0.333. The maximum absolute atomic E-state index is 10.2. The third-order valence-corrected chi connectivity index (χ3v) is 1.53. The van der Waals surface area contributed by atoms with Crippen molar-refractivity contribution in [2.75, 3.05) is 0 Å². The molecular formula is C6H7ClN2O3. The molecule has 0 amide bonds. The molecule has 0 unspecified atom stereocenters. The van der Waals surface area contributed by atoms with E-state index in [-0.39, 0.29) is 10.9 Å². The molecular weight excluding hydrogens is 184 g/mol. The van der Waals surface area contributed by atoms with Gasteiger partial charge in [-0.3, -0.25) is 5.10 Å². The normalized spacial score (nSPS) is 9.83. The van der Waals surface area contributed by atoms with Crippen LogP contribution in [0.5, 0.6) is 5.75 Å². The Morgan fingerprint density at radius 3 is 3.00 bits per heavy atom. The highest BCUT2D eigenvalue weighted by Crippen LogP contribution is 2.26. The molecule has 0 aliphatic rings. The summed E-state index contributed by atoms with van der Waals surface area (Å²) >= 11 is 5.56. The predicted octanol–water partition coefficient (Wildman–Crippen LogP) is 1.68. The van der Waals surface area contributed by atoms with Crippen molar-refractivity contribution >= 4 is 17.8 Å². The van der Waals surface area contributed by atoms with Gasteiger partial charge in [0.1, 0.15) is 5.69 Å². The van der Waals surface area contributed by atoms with Crippen LogP contribution in [-0.4, -0.2) is 21.5 Å². The topological polar surface area (TPSA) is 75.2 Å². The van der Waals surface area contributed by atoms with E-state index in [1.165, 1.54) is 0 Å². The number of nitrogens with zero attached hydrogens (tertiary/aromatic N) is 1. The van der Waals surface area contributed by atoms with E-state index in [0.29, 0.717) is 12.1 Å². The molecule has 0 fully saturated rings. The summed E-state index contributed by atoms with van der Waals surface area (Å²) in [4.78, 5) is 10.2. The van der Waals surface area contributed by atoms with E-state index in [2.05, 4.69) is 14.9 Å². The van der Waals surface area contributed by atoms with Crippen molar-refractivity contribution in [2.45, 2.75) is 13.3 Å². The summed E-state index contributed by atoms with van der Waals surface area (Å²) < 4.78 is 4.40. The van der Waals surface area contributed by atoms with Gasteiger partial charge in [-0.15, -0.1) is 0 Å². The second-order valence-corrected chi connectivity index (χ2v) is 2.41. The van der Waals surface area contributed by atoms with Crippen molar-refractivity contribution < 1.29 is 14.6 Å². The number of H-pyrrole nitrogens is 1. The molecule has 1 aromatic rings. The van der Waals surface area contributed by atoms with Gasteiger partial charge in [0.15, 0.2) is 10.9 Å². The van der Waals surface area contributed by atoms with Crippen LogP contribution in [0.2, 0.25) is 5.15 Å². The Morgan fingerprint density at radius 1 is 1.83 bits per heavy atom. The number of carboxylic acid groups (broad SMARTS) is 1. The van der Waals surface area contributed by atoms with Crippen LogP contribution in [0.1, 0.15) is 12.6 Å². The summed E-state index contributed by atoms with van der Waals surface area (Å²) in [6, 6.07) is 0. The zero-order valence-electron chi connectivity index (χ0n) is 6.30. The van der Waals surface area contributed by atoms with Crippen molar-refractivity contribution in [1.29, 1.82) is 0 Å². The van der Waals surface area contributed by atoms with E-state index in [1.807, 2.05) is 6.92 Å². The first-order valence-electron chi connectivity index (χ1n) is 3.28. The lowest BCUT2D eigenvalue weighted by Gasteiger charge is -1.97. The van der Waals surface area contributed by atoms with Gasteiger partial charge in [0.2, 0.25) is 0 Å². The quantitative estimate of drug-likeness (QED) is 0.696. The van der Waals surface area contributed by atoms with E-state index in [4.69, 9.17) is 16.7 Å². The van der Waals surface area contributed by atoms with Gasteiger partial charge in [0.05, 0.1) is 0 Å². The van der Waals surface area contributed by atoms with Crippen molar-refractivity contribution in [2.24, 2.45) is 0 Å². The van der Waals surface area contributed by atoms with Crippen LogP contribution in [0.25, 0.3) is 0 Å². The highest BCUT2D eigenvalue weighted by atomic mass is 35.5. The van der Waals surface area contributed by atoms with Gasteiger partial charge in [-0.05, 0) is 6.42 Å². The number of carbonyl (C=O) groups is 1. The SMILES string of the molecule is CCc1n[nH]c(Cl)c1OC(=O)O. The number of halogens is 1. The van der Waals surface area contributed by atoms with Crippen LogP contribution >= 0.6 is 11.6 Å². The highest BCUT2D eigenvalue weighted by molar-refractivity contribution is 6.31. The Kier molecular flexibility index (Phi) is 2.54. The number of rotatable bonds is 2. The first-order chi connectivity index (χ1) is 5.65. The average molecular weight is 191 g/mol. The zero-order chi connectivity index (χ0) is 9.14. The van der Waals surface area contributed by atoms with Gasteiger partial charge in [-0.25, -0.2) is 4.79 Å². The number of ether oxygens (including phenoxy) is 1. The lowest BCUT2D eigenvalue weighted by atomic mass is 10.3. The number of aromatic nitrogens is 2. The second kappa shape index (κ2) is 3.44. The summed E-state index contributed by atoms with van der Waals surface area (Å²) in [6.45, 7) is 1.82. The number of nitrogens with one attached hydrogen (secondary N) is 1. The fourth-order valence-corrected chi connectivity index (χ4v) is 0.965. The summed E-state index contributed by atoms with van der Waals surface area (Å²) in [5.41, 5.74) is 0.502. The van der Waals surface area contributed by atoms with Crippen LogP contribution in [0, 0.1) is 0 Å². The highest BCUT2D eigenvalue weighted by Gasteiger charge is 2.14. The summed E-state index contributed by atoms with van der Waals surface area (Å²) in [5, 5.41) is 14.6. The van der Waals surface area contributed by atoms with E-state index in [1.54, 1.807) is 0 Å². The number of aryl methyl sites for hydroxylation is 1. The molecule has 1 heterocycles.